The number of nitrogens with zero attached hydrogens (tertiary/aromatic N) is 2. The highest BCUT2D eigenvalue weighted by Crippen LogP contribution is 2.49. The molecular formula is C38H52N2O13. The number of amides is 2. The van der Waals surface area contributed by atoms with Crippen LogP contribution in [0.1, 0.15) is 126 Å². The third-order valence-corrected chi connectivity index (χ3v) is 8.99. The van der Waals surface area contributed by atoms with Crippen LogP contribution in [0, 0.1) is 0 Å². The molecule has 7 rings (SSSR count). The first-order valence-corrected chi connectivity index (χ1v) is 17.0. The molecule has 0 aromatic heterocycles. The van der Waals surface area contributed by atoms with Crippen molar-refractivity contribution in [2.24, 2.45) is 0 Å². The van der Waals surface area contributed by atoms with Gasteiger partial charge in [0.15, 0.2) is 29.1 Å². The van der Waals surface area contributed by atoms with Crippen molar-refractivity contribution in [3.8, 4) is 23.0 Å². The minimum atomic E-state index is -1.23. The molecule has 4 atom stereocenters. The second-order valence-corrected chi connectivity index (χ2v) is 14.9. The molecule has 5 aliphatic heterocycles. The van der Waals surface area contributed by atoms with Crippen molar-refractivity contribution in [1.82, 2.24) is 9.80 Å². The van der Waals surface area contributed by atoms with Crippen LogP contribution in [0.25, 0.3) is 0 Å². The Morgan fingerprint density at radius 3 is 1.96 bits per heavy atom. The number of carbonyl (C=O) groups excluding carboxylic acids is 3. The minimum absolute atomic E-state index is 0. The Morgan fingerprint density at radius 1 is 0.792 bits per heavy atom. The number of hydrogen-bond acceptors (Lipinski definition) is 12. The predicted molar refractivity (Wildman–Crippen MR) is 191 cm³/mol. The van der Waals surface area contributed by atoms with Gasteiger partial charge in [-0.3, -0.25) is 0 Å². The lowest BCUT2D eigenvalue weighted by atomic mass is 9.94. The third-order valence-electron chi connectivity index (χ3n) is 8.99. The van der Waals surface area contributed by atoms with Crippen LogP contribution in [-0.4, -0.2) is 94.1 Å². The average molecular weight is 745 g/mol. The number of aliphatic hydroxyl groups is 1. The average Bonchev–Trinajstić information content (AvgIpc) is 3.88. The van der Waals surface area contributed by atoms with E-state index in [1.165, 1.54) is 17.0 Å². The van der Waals surface area contributed by atoms with Crippen LogP contribution in [0.4, 0.5) is 9.59 Å². The number of cyclic esters (lactones) is 1. The Morgan fingerprint density at radius 2 is 1.34 bits per heavy atom. The fraction of sp³-hybridized carbons (Fsp3) is 0.579. The summed E-state index contributed by atoms with van der Waals surface area (Å²) < 4.78 is 38.2. The number of benzene rings is 2. The largest absolute Gasteiger partial charge is 0.478 e. The van der Waals surface area contributed by atoms with Gasteiger partial charge in [-0.15, -0.1) is 0 Å². The first kappa shape index (κ1) is 40.8. The maximum absolute atomic E-state index is 12.6. The SMILES string of the molecule is C.C.CC(C)(C)OC(=O)N1CCC[C@H]1C(O)c1c(C(=O)O)ccc2c1OCO2.CC(C)(C)OC(=O)N1CCC[C@H]1C1OC(=O)c2ccc3c(c21)OCO3. The zero-order valence-electron chi connectivity index (χ0n) is 29.6. The molecule has 0 radical (unpaired) electrons. The van der Waals surface area contributed by atoms with Gasteiger partial charge in [-0.1, -0.05) is 14.9 Å². The zero-order valence-corrected chi connectivity index (χ0v) is 29.6. The standard InChI is InChI=1S/C18H23NO7.C18H21NO6.2CH4/c1-18(2,3)26-17(23)19-8-4-5-11(19)14(20)13-10(16(21)22)6-7-12-15(13)25-9-24-12;1-18(2,3)25-17(21)19-8-4-5-11(19)14-13-10(16(20)24-14)6-7-12-15(13)23-9-22-12;;/h6-7,11,14,20H,4-5,8-9H2,1-3H3,(H,21,22);6-7,11,14H,4-5,8-9H2,1-3H3;2*1H4/t2*11-,14?;;/m00../s1. The summed E-state index contributed by atoms with van der Waals surface area (Å²) in [4.78, 5) is 52.1. The quantitative estimate of drug-likeness (QED) is 0.246. The van der Waals surface area contributed by atoms with Crippen LogP contribution < -0.4 is 18.9 Å². The van der Waals surface area contributed by atoms with Gasteiger partial charge < -0.3 is 53.2 Å². The lowest BCUT2D eigenvalue weighted by Gasteiger charge is -2.31. The summed E-state index contributed by atoms with van der Waals surface area (Å²) in [5.74, 6) is 0.168. The summed E-state index contributed by atoms with van der Waals surface area (Å²) in [5, 5.41) is 20.5. The van der Waals surface area contributed by atoms with E-state index >= 15 is 0 Å². The van der Waals surface area contributed by atoms with Gasteiger partial charge in [-0.05, 0) is 91.5 Å². The highest BCUT2D eigenvalue weighted by Gasteiger charge is 2.47. The summed E-state index contributed by atoms with van der Waals surface area (Å²) in [7, 11) is 0. The number of carboxylic acid groups (broad SMARTS) is 1. The van der Waals surface area contributed by atoms with Crippen molar-refractivity contribution in [3.05, 3.63) is 46.5 Å². The highest BCUT2D eigenvalue weighted by molar-refractivity contribution is 5.96. The maximum atomic E-state index is 12.6. The molecule has 2 N–H and O–H groups in total. The second-order valence-electron chi connectivity index (χ2n) is 14.9. The van der Waals surface area contributed by atoms with Crippen LogP contribution in [0.15, 0.2) is 24.3 Å². The Balaban J connectivity index is 0.000000228. The highest BCUT2D eigenvalue weighted by atomic mass is 16.7. The van der Waals surface area contributed by atoms with E-state index in [1.807, 2.05) is 20.8 Å². The molecule has 292 valence electrons. The molecule has 15 heteroatoms. The van der Waals surface area contributed by atoms with E-state index < -0.39 is 47.5 Å². The molecule has 0 spiro atoms. The van der Waals surface area contributed by atoms with Crippen LogP contribution in [-0.2, 0) is 14.2 Å². The van der Waals surface area contributed by atoms with E-state index in [9.17, 15) is 29.4 Å². The van der Waals surface area contributed by atoms with Gasteiger partial charge in [0.1, 0.15) is 17.3 Å². The van der Waals surface area contributed by atoms with Crippen LogP contribution in [0.5, 0.6) is 23.0 Å². The van der Waals surface area contributed by atoms with Gasteiger partial charge >= 0.3 is 24.1 Å². The Labute approximate surface area is 310 Å². The number of ether oxygens (including phenoxy) is 7. The van der Waals surface area contributed by atoms with Crippen molar-refractivity contribution >= 4 is 24.1 Å². The smallest absolute Gasteiger partial charge is 0.410 e. The summed E-state index contributed by atoms with van der Waals surface area (Å²) in [6.07, 6.45) is 0.0902. The van der Waals surface area contributed by atoms with Gasteiger partial charge in [-0.25, -0.2) is 19.2 Å². The van der Waals surface area contributed by atoms with Crippen LogP contribution in [0.3, 0.4) is 0 Å². The molecule has 2 fully saturated rings. The molecule has 53 heavy (non-hydrogen) atoms. The van der Waals surface area contributed by atoms with E-state index in [1.54, 1.807) is 37.8 Å². The topological polar surface area (TPSA) is 180 Å². The van der Waals surface area contributed by atoms with Crippen LogP contribution in [0.2, 0.25) is 0 Å². The van der Waals surface area contributed by atoms with Gasteiger partial charge in [-0.2, -0.15) is 0 Å². The third kappa shape index (κ3) is 8.34. The molecule has 2 amide bonds. The molecule has 2 aromatic carbocycles. The fourth-order valence-corrected chi connectivity index (χ4v) is 6.95. The normalized spacial score (nSPS) is 21.3. The molecule has 0 bridgehead atoms. The van der Waals surface area contributed by atoms with Crippen molar-refractivity contribution < 1.29 is 62.5 Å². The summed E-state index contributed by atoms with van der Waals surface area (Å²) in [5.41, 5.74) is -0.0181. The Bertz CT molecular complexity index is 1710. The monoisotopic (exact) mass is 744 g/mol. The van der Waals surface area contributed by atoms with E-state index in [0.717, 1.165) is 12.8 Å². The first-order chi connectivity index (χ1) is 24.0. The molecule has 0 aliphatic carbocycles. The van der Waals surface area contributed by atoms with Gasteiger partial charge in [0.2, 0.25) is 13.6 Å². The number of likely N-dealkylation sites (tertiary alicyclic amines) is 2. The minimum Gasteiger partial charge on any atom is -0.478 e. The number of carboxylic acids is 1. The molecular weight excluding hydrogens is 692 g/mol. The number of rotatable bonds is 4. The van der Waals surface area contributed by atoms with Gasteiger partial charge in [0, 0.05) is 18.7 Å². The van der Waals surface area contributed by atoms with E-state index in [0.29, 0.717) is 54.3 Å². The lowest BCUT2D eigenvalue weighted by Crippen LogP contribution is -2.42. The van der Waals surface area contributed by atoms with Crippen molar-refractivity contribution in [2.75, 3.05) is 26.7 Å². The number of carbonyl (C=O) groups is 4. The van der Waals surface area contributed by atoms with Crippen molar-refractivity contribution in [2.45, 2.75) is 118 Å². The van der Waals surface area contributed by atoms with Crippen LogP contribution >= 0.6 is 0 Å². The first-order valence-electron chi connectivity index (χ1n) is 17.0. The second kappa shape index (κ2) is 15.6. The summed E-state index contributed by atoms with van der Waals surface area (Å²) in [6.45, 7) is 11.9. The van der Waals surface area contributed by atoms with Gasteiger partial charge in [0.25, 0.3) is 0 Å². The van der Waals surface area contributed by atoms with Crippen molar-refractivity contribution in [3.63, 3.8) is 0 Å². The summed E-state index contributed by atoms with van der Waals surface area (Å²) in [6, 6.07) is 5.42. The Hall–Kier alpha value is -4.92. The molecule has 5 heterocycles. The number of aromatic carboxylic acids is 1. The van der Waals surface area contributed by atoms with Gasteiger partial charge in [0.05, 0.1) is 28.8 Å². The molecule has 15 nitrogen and oxygen atoms in total. The van der Waals surface area contributed by atoms with E-state index in [2.05, 4.69) is 0 Å². The number of aliphatic hydroxyl groups excluding tert-OH is 1. The fourth-order valence-electron chi connectivity index (χ4n) is 6.95. The molecule has 2 saturated heterocycles. The number of hydrogen-bond donors (Lipinski definition) is 2. The molecule has 2 aromatic rings. The van der Waals surface area contributed by atoms with Crippen molar-refractivity contribution in [1.29, 1.82) is 0 Å². The molecule has 5 aliphatic rings. The molecule has 0 saturated carbocycles. The summed E-state index contributed by atoms with van der Waals surface area (Å²) >= 11 is 0. The van der Waals surface area contributed by atoms with E-state index in [-0.39, 0.29) is 57.5 Å². The number of fused-ring (bicyclic) bond motifs is 4. The Kier molecular flexibility index (Phi) is 12.0. The predicted octanol–water partition coefficient (Wildman–Crippen LogP) is 6.84. The van der Waals surface area contributed by atoms with E-state index in [4.69, 9.17) is 33.2 Å². The number of esters is 1. The lowest BCUT2D eigenvalue weighted by molar-refractivity contribution is -0.00592. The maximum Gasteiger partial charge on any atom is 0.410 e. The zero-order chi connectivity index (χ0) is 36.8. The molecule has 2 unspecified atom stereocenters.